The molecule has 39 heavy (non-hydrogen) atoms. The molecule has 1 heterocycles. The van der Waals surface area contributed by atoms with Gasteiger partial charge in [0.25, 0.3) is 0 Å². The largest absolute Gasteiger partial charge is 0.493 e. The normalized spacial score (nSPS) is 17.1. The molecule has 0 radical (unpaired) electrons. The maximum Gasteiger partial charge on any atom is 0.225 e. The number of nitrogens with one attached hydrogen (secondary N) is 2. The van der Waals surface area contributed by atoms with Crippen LogP contribution >= 0.6 is 0 Å². The van der Waals surface area contributed by atoms with Crippen molar-refractivity contribution in [2.75, 3.05) is 38.0 Å². The predicted molar refractivity (Wildman–Crippen MR) is 159 cm³/mol. The van der Waals surface area contributed by atoms with Gasteiger partial charge in [-0.2, -0.15) is 4.98 Å². The average Bonchev–Trinajstić information content (AvgIpc) is 2.97. The van der Waals surface area contributed by atoms with Gasteiger partial charge in [-0.3, -0.25) is 0 Å². The van der Waals surface area contributed by atoms with Gasteiger partial charge in [0.2, 0.25) is 5.95 Å². The monoisotopic (exact) mass is 525 g/mol. The summed E-state index contributed by atoms with van der Waals surface area (Å²) in [7, 11) is 5.74. The van der Waals surface area contributed by atoms with Crippen LogP contribution in [0.25, 0.3) is 10.9 Å². The summed E-state index contributed by atoms with van der Waals surface area (Å²) in [4.78, 5) is 11.7. The van der Waals surface area contributed by atoms with E-state index in [2.05, 4.69) is 51.9 Å². The van der Waals surface area contributed by atoms with Gasteiger partial charge < -0.3 is 25.0 Å². The number of aromatic nitrogens is 2. The van der Waals surface area contributed by atoms with E-state index in [4.69, 9.17) is 19.4 Å². The lowest BCUT2D eigenvalue weighted by atomic mass is 9.86. The number of fused-ring (bicyclic) bond motifs is 1. The van der Waals surface area contributed by atoms with Crippen molar-refractivity contribution in [2.45, 2.75) is 44.9 Å². The van der Waals surface area contributed by atoms with Gasteiger partial charge in [0.05, 0.1) is 12.6 Å². The quantitative estimate of drug-likeness (QED) is 0.247. The zero-order chi connectivity index (χ0) is 27.0. The number of methoxy groups -OCH3 is 1. The van der Waals surface area contributed by atoms with Gasteiger partial charge in [-0.05, 0) is 73.5 Å². The Labute approximate surface area is 231 Å². The molecule has 4 aromatic rings. The van der Waals surface area contributed by atoms with Crippen molar-refractivity contribution in [3.8, 4) is 11.5 Å². The summed E-state index contributed by atoms with van der Waals surface area (Å²) < 4.78 is 11.6. The fraction of sp³-hybridized carbons (Fsp3) is 0.375. The molecule has 7 heteroatoms. The predicted octanol–water partition coefficient (Wildman–Crippen LogP) is 6.04. The molecule has 1 aromatic heterocycles. The molecule has 1 saturated carbocycles. The van der Waals surface area contributed by atoms with Gasteiger partial charge in [0.15, 0.2) is 11.5 Å². The zero-order valence-electron chi connectivity index (χ0n) is 23.2. The van der Waals surface area contributed by atoms with E-state index in [1.54, 1.807) is 7.11 Å². The minimum atomic E-state index is 0.406. The van der Waals surface area contributed by atoms with Crippen molar-refractivity contribution in [3.63, 3.8) is 0 Å². The van der Waals surface area contributed by atoms with E-state index in [0.29, 0.717) is 18.6 Å². The molecule has 1 aliphatic rings. The third-order valence-electron chi connectivity index (χ3n) is 7.41. The molecule has 7 nitrogen and oxygen atoms in total. The molecule has 1 fully saturated rings. The second-order valence-corrected chi connectivity index (χ2v) is 10.5. The first kappa shape index (κ1) is 26.8. The van der Waals surface area contributed by atoms with Gasteiger partial charge >= 0.3 is 0 Å². The highest BCUT2D eigenvalue weighted by Gasteiger charge is 2.22. The van der Waals surface area contributed by atoms with Crippen LogP contribution in [0.1, 0.15) is 36.8 Å². The molecule has 204 valence electrons. The third-order valence-corrected chi connectivity index (χ3v) is 7.41. The first-order valence-electron chi connectivity index (χ1n) is 13.8. The lowest BCUT2D eigenvalue weighted by molar-refractivity contribution is 0.284. The van der Waals surface area contributed by atoms with Crippen molar-refractivity contribution in [1.82, 2.24) is 15.3 Å². The van der Waals surface area contributed by atoms with Gasteiger partial charge in [-0.1, -0.05) is 48.5 Å². The van der Waals surface area contributed by atoms with Crippen LogP contribution < -0.4 is 25.0 Å². The fourth-order valence-electron chi connectivity index (χ4n) is 5.26. The van der Waals surface area contributed by atoms with Gasteiger partial charge in [-0.15, -0.1) is 0 Å². The Hall–Kier alpha value is -3.84. The number of rotatable bonds is 11. The summed E-state index contributed by atoms with van der Waals surface area (Å²) in [5.74, 6) is 3.89. The number of hydrogen-bond donors (Lipinski definition) is 2. The maximum absolute atomic E-state index is 6.08. The van der Waals surface area contributed by atoms with Crippen molar-refractivity contribution in [2.24, 2.45) is 5.92 Å². The Balaban J connectivity index is 1.10. The number of para-hydroxylation sites is 1. The van der Waals surface area contributed by atoms with Gasteiger partial charge in [0, 0.05) is 32.1 Å². The Morgan fingerprint density at radius 3 is 2.38 bits per heavy atom. The number of nitrogens with zero attached hydrogens (tertiary/aromatic N) is 3. The molecule has 0 amide bonds. The molecule has 0 unspecified atom stereocenters. The van der Waals surface area contributed by atoms with E-state index < -0.39 is 0 Å². The molecule has 0 bridgehead atoms. The first-order valence-corrected chi connectivity index (χ1v) is 13.8. The lowest BCUT2D eigenvalue weighted by Gasteiger charge is -2.29. The average molecular weight is 526 g/mol. The maximum atomic E-state index is 6.08. The molecule has 0 saturated heterocycles. The first-order chi connectivity index (χ1) is 19.1. The summed E-state index contributed by atoms with van der Waals surface area (Å²) >= 11 is 0. The van der Waals surface area contributed by atoms with Crippen LogP contribution in [0.15, 0.2) is 72.8 Å². The highest BCUT2D eigenvalue weighted by atomic mass is 16.5. The van der Waals surface area contributed by atoms with Crippen LogP contribution in [-0.2, 0) is 13.2 Å². The summed E-state index contributed by atoms with van der Waals surface area (Å²) in [5, 5.41) is 8.36. The van der Waals surface area contributed by atoms with E-state index in [0.717, 1.165) is 65.7 Å². The SMILES string of the molecule is COc1ccc(CNCC2CCC(Nc3nc(N(C)C)c4ccccc4n3)CC2)cc1OCc1ccccc1. The van der Waals surface area contributed by atoms with Crippen molar-refractivity contribution < 1.29 is 9.47 Å². The summed E-state index contributed by atoms with van der Waals surface area (Å²) in [6.07, 6.45) is 4.62. The van der Waals surface area contributed by atoms with Crippen LogP contribution in [0.5, 0.6) is 11.5 Å². The van der Waals surface area contributed by atoms with Gasteiger partial charge in [0.1, 0.15) is 12.4 Å². The topological polar surface area (TPSA) is 71.5 Å². The minimum absolute atomic E-state index is 0.406. The number of benzene rings is 3. The van der Waals surface area contributed by atoms with Crippen molar-refractivity contribution in [3.05, 3.63) is 83.9 Å². The van der Waals surface area contributed by atoms with Crippen LogP contribution in [0, 0.1) is 5.92 Å². The molecule has 3 aromatic carbocycles. The second kappa shape index (κ2) is 12.8. The Morgan fingerprint density at radius 2 is 1.62 bits per heavy atom. The molecular weight excluding hydrogens is 486 g/mol. The van der Waals surface area contributed by atoms with Crippen LogP contribution in [0.2, 0.25) is 0 Å². The Morgan fingerprint density at radius 1 is 0.846 bits per heavy atom. The minimum Gasteiger partial charge on any atom is -0.493 e. The number of ether oxygens (including phenoxy) is 2. The van der Waals surface area contributed by atoms with Crippen LogP contribution in [-0.4, -0.2) is 43.8 Å². The van der Waals surface area contributed by atoms with E-state index in [1.807, 2.05) is 50.5 Å². The highest BCUT2D eigenvalue weighted by molar-refractivity contribution is 5.90. The highest BCUT2D eigenvalue weighted by Crippen LogP contribution is 2.30. The molecular formula is C32H39N5O2. The summed E-state index contributed by atoms with van der Waals surface area (Å²) in [6.45, 7) is 2.34. The fourth-order valence-corrected chi connectivity index (χ4v) is 5.26. The van der Waals surface area contributed by atoms with Crippen LogP contribution in [0.3, 0.4) is 0 Å². The summed E-state index contributed by atoms with van der Waals surface area (Å²) in [5.41, 5.74) is 3.31. The number of anilines is 2. The molecule has 0 aliphatic heterocycles. The Bertz CT molecular complexity index is 1350. The van der Waals surface area contributed by atoms with E-state index >= 15 is 0 Å². The second-order valence-electron chi connectivity index (χ2n) is 10.5. The van der Waals surface area contributed by atoms with Gasteiger partial charge in [-0.25, -0.2) is 4.98 Å². The van der Waals surface area contributed by atoms with E-state index in [9.17, 15) is 0 Å². The molecule has 2 N–H and O–H groups in total. The standard InChI is InChI=1S/C32H39N5O2/c1-37(2)31-27-11-7-8-12-28(27)35-32(36-31)34-26-16-13-23(14-17-26)20-33-21-25-15-18-29(38-3)30(19-25)39-22-24-9-5-4-6-10-24/h4-12,15,18-19,23,26,33H,13-14,16-17,20-22H2,1-3H3,(H,34,35,36). The van der Waals surface area contributed by atoms with Crippen LogP contribution in [0.4, 0.5) is 11.8 Å². The lowest BCUT2D eigenvalue weighted by Crippen LogP contribution is -2.31. The van der Waals surface area contributed by atoms with E-state index in [1.165, 1.54) is 18.4 Å². The zero-order valence-corrected chi connectivity index (χ0v) is 23.2. The Kier molecular flexibility index (Phi) is 8.78. The molecule has 5 rings (SSSR count). The smallest absolute Gasteiger partial charge is 0.225 e. The van der Waals surface area contributed by atoms with E-state index in [-0.39, 0.29) is 0 Å². The molecule has 1 aliphatic carbocycles. The van der Waals surface area contributed by atoms with Crippen molar-refractivity contribution in [1.29, 1.82) is 0 Å². The summed E-state index contributed by atoms with van der Waals surface area (Å²) in [6, 6.07) is 25.0. The molecule has 0 spiro atoms. The number of hydrogen-bond acceptors (Lipinski definition) is 7. The van der Waals surface area contributed by atoms with Crippen molar-refractivity contribution >= 4 is 22.7 Å². The third kappa shape index (κ3) is 6.98. The molecule has 0 atom stereocenters.